The molecule has 2 saturated carbocycles. The lowest BCUT2D eigenvalue weighted by molar-refractivity contribution is 0.0728. The minimum Gasteiger partial charge on any atom is -0.497 e. The van der Waals surface area contributed by atoms with Crippen LogP contribution in [0.15, 0.2) is 46.9 Å². The van der Waals surface area contributed by atoms with E-state index in [0.717, 1.165) is 35.7 Å². The molecule has 0 aliphatic heterocycles. The predicted octanol–water partition coefficient (Wildman–Crippen LogP) is 4.15. The molecule has 4 rings (SSSR count). The van der Waals surface area contributed by atoms with Crippen molar-refractivity contribution in [1.29, 1.82) is 0 Å². The molecule has 0 heterocycles. The van der Waals surface area contributed by atoms with E-state index < -0.39 is 0 Å². The quantitative estimate of drug-likeness (QED) is 0.700. The second-order valence-corrected chi connectivity index (χ2v) is 8.31. The van der Waals surface area contributed by atoms with E-state index >= 15 is 0 Å². The Morgan fingerprint density at radius 3 is 2.43 bits per heavy atom. The molecule has 6 heteroatoms. The molecule has 0 atom stereocenters. The van der Waals surface area contributed by atoms with Crippen LogP contribution in [0.25, 0.3) is 0 Å². The number of methoxy groups -OCH3 is 1. The minimum absolute atomic E-state index is 0.0103. The van der Waals surface area contributed by atoms with Gasteiger partial charge in [0.25, 0.3) is 11.8 Å². The highest BCUT2D eigenvalue weighted by Gasteiger charge is 2.34. The highest BCUT2D eigenvalue weighted by atomic mass is 79.9. The molecule has 0 unspecified atom stereocenters. The fourth-order valence-electron chi connectivity index (χ4n) is 3.16. The molecule has 0 spiro atoms. The van der Waals surface area contributed by atoms with Crippen LogP contribution in [-0.4, -0.2) is 35.9 Å². The second-order valence-electron chi connectivity index (χ2n) is 7.45. The summed E-state index contributed by atoms with van der Waals surface area (Å²) in [6.07, 6.45) is 4.19. The highest BCUT2D eigenvalue weighted by Crippen LogP contribution is 2.32. The first-order valence-electron chi connectivity index (χ1n) is 9.59. The van der Waals surface area contributed by atoms with Gasteiger partial charge < -0.3 is 15.0 Å². The van der Waals surface area contributed by atoms with Crippen molar-refractivity contribution in [1.82, 2.24) is 10.2 Å². The van der Waals surface area contributed by atoms with Crippen molar-refractivity contribution in [2.24, 2.45) is 0 Å². The number of carbonyl (C=O) groups excluding carboxylic acids is 2. The molecule has 2 aromatic carbocycles. The highest BCUT2D eigenvalue weighted by molar-refractivity contribution is 9.10. The van der Waals surface area contributed by atoms with Crippen LogP contribution in [0.1, 0.15) is 52.0 Å². The number of hydrogen-bond donors (Lipinski definition) is 1. The SMILES string of the molecule is COc1ccc(Br)c(C(=O)N(Cc2ccc(C(=O)NC3CC3)cc2)C2CC2)c1. The van der Waals surface area contributed by atoms with Crippen LogP contribution in [0.4, 0.5) is 0 Å². The average molecular weight is 443 g/mol. The number of amides is 2. The number of hydrogen-bond acceptors (Lipinski definition) is 3. The van der Waals surface area contributed by atoms with Crippen LogP contribution in [-0.2, 0) is 6.54 Å². The van der Waals surface area contributed by atoms with Gasteiger partial charge in [0.05, 0.1) is 12.7 Å². The largest absolute Gasteiger partial charge is 0.497 e. The van der Waals surface area contributed by atoms with Crippen LogP contribution < -0.4 is 10.1 Å². The Labute approximate surface area is 173 Å². The van der Waals surface area contributed by atoms with Gasteiger partial charge in [-0.05, 0) is 77.5 Å². The number of rotatable bonds is 7. The molecular weight excluding hydrogens is 420 g/mol. The molecule has 0 aromatic heterocycles. The summed E-state index contributed by atoms with van der Waals surface area (Å²) in [6.45, 7) is 0.525. The third kappa shape index (κ3) is 4.38. The van der Waals surface area contributed by atoms with E-state index in [0.29, 0.717) is 29.5 Å². The summed E-state index contributed by atoms with van der Waals surface area (Å²) in [6, 6.07) is 13.6. The molecule has 0 saturated heterocycles. The lowest BCUT2D eigenvalue weighted by Crippen LogP contribution is -2.33. The van der Waals surface area contributed by atoms with Gasteiger partial charge >= 0.3 is 0 Å². The summed E-state index contributed by atoms with van der Waals surface area (Å²) in [7, 11) is 1.59. The molecule has 5 nitrogen and oxygen atoms in total. The van der Waals surface area contributed by atoms with Gasteiger partial charge in [-0.1, -0.05) is 12.1 Å². The van der Waals surface area contributed by atoms with Crippen LogP contribution >= 0.6 is 15.9 Å². The Kier molecular flexibility index (Phi) is 5.40. The minimum atomic E-state index is -0.0236. The van der Waals surface area contributed by atoms with E-state index in [2.05, 4.69) is 21.2 Å². The molecule has 2 aliphatic rings. The van der Waals surface area contributed by atoms with Gasteiger partial charge in [-0.2, -0.15) is 0 Å². The molecule has 2 fully saturated rings. The van der Waals surface area contributed by atoms with Crippen LogP contribution in [0, 0.1) is 0 Å². The van der Waals surface area contributed by atoms with Crippen molar-refractivity contribution in [2.45, 2.75) is 44.3 Å². The van der Waals surface area contributed by atoms with E-state index in [-0.39, 0.29) is 17.9 Å². The van der Waals surface area contributed by atoms with Crippen LogP contribution in [0.2, 0.25) is 0 Å². The molecule has 2 amide bonds. The van der Waals surface area contributed by atoms with E-state index in [1.165, 1.54) is 0 Å². The van der Waals surface area contributed by atoms with E-state index in [4.69, 9.17) is 4.74 Å². The molecule has 2 aliphatic carbocycles. The zero-order valence-corrected chi connectivity index (χ0v) is 17.4. The zero-order valence-electron chi connectivity index (χ0n) is 15.8. The molecule has 28 heavy (non-hydrogen) atoms. The summed E-state index contributed by atoms with van der Waals surface area (Å²) in [4.78, 5) is 27.3. The van der Waals surface area contributed by atoms with Gasteiger partial charge in [0.1, 0.15) is 5.75 Å². The summed E-state index contributed by atoms with van der Waals surface area (Å²) < 4.78 is 6.03. The average Bonchev–Trinajstić information content (AvgIpc) is 3.61. The van der Waals surface area contributed by atoms with E-state index in [1.54, 1.807) is 13.2 Å². The zero-order chi connectivity index (χ0) is 19.7. The van der Waals surface area contributed by atoms with Gasteiger partial charge in [-0.3, -0.25) is 9.59 Å². The lowest BCUT2D eigenvalue weighted by Gasteiger charge is -2.23. The normalized spacial score (nSPS) is 15.8. The number of halogens is 1. The van der Waals surface area contributed by atoms with E-state index in [9.17, 15) is 9.59 Å². The number of nitrogens with zero attached hydrogens (tertiary/aromatic N) is 1. The van der Waals surface area contributed by atoms with Crippen LogP contribution in [0.5, 0.6) is 5.75 Å². The van der Waals surface area contributed by atoms with E-state index in [1.807, 2.05) is 41.3 Å². The van der Waals surface area contributed by atoms with Crippen molar-refractivity contribution in [3.05, 3.63) is 63.6 Å². The predicted molar refractivity (Wildman–Crippen MR) is 111 cm³/mol. The fraction of sp³-hybridized carbons (Fsp3) is 0.364. The first-order chi connectivity index (χ1) is 13.5. The number of benzene rings is 2. The number of nitrogens with one attached hydrogen (secondary N) is 1. The van der Waals surface area contributed by atoms with Gasteiger partial charge in [-0.25, -0.2) is 0 Å². The van der Waals surface area contributed by atoms with Gasteiger partial charge in [0.2, 0.25) is 0 Å². The molecular formula is C22H23BrN2O3. The Balaban J connectivity index is 1.49. The second kappa shape index (κ2) is 7.95. The van der Waals surface area contributed by atoms with Crippen molar-refractivity contribution in [3.8, 4) is 5.75 Å². The van der Waals surface area contributed by atoms with Crippen LogP contribution in [0.3, 0.4) is 0 Å². The van der Waals surface area contributed by atoms with Crippen molar-refractivity contribution in [2.75, 3.05) is 7.11 Å². The van der Waals surface area contributed by atoms with Crippen molar-refractivity contribution >= 4 is 27.7 Å². The molecule has 146 valence electrons. The molecule has 0 bridgehead atoms. The Hall–Kier alpha value is -2.34. The first-order valence-corrected chi connectivity index (χ1v) is 10.4. The molecule has 2 aromatic rings. The lowest BCUT2D eigenvalue weighted by atomic mass is 10.1. The fourth-order valence-corrected chi connectivity index (χ4v) is 3.57. The maximum atomic E-state index is 13.2. The van der Waals surface area contributed by atoms with Gasteiger partial charge in [-0.15, -0.1) is 0 Å². The van der Waals surface area contributed by atoms with Crippen molar-refractivity contribution < 1.29 is 14.3 Å². The third-order valence-corrected chi connectivity index (χ3v) is 5.83. The summed E-state index contributed by atoms with van der Waals surface area (Å²) in [5.41, 5.74) is 2.28. The summed E-state index contributed by atoms with van der Waals surface area (Å²) in [5, 5.41) is 2.99. The summed E-state index contributed by atoms with van der Waals surface area (Å²) >= 11 is 3.49. The maximum absolute atomic E-state index is 13.2. The number of ether oxygens (including phenoxy) is 1. The molecule has 0 radical (unpaired) electrons. The van der Waals surface area contributed by atoms with Gasteiger partial charge in [0.15, 0.2) is 0 Å². The summed E-state index contributed by atoms with van der Waals surface area (Å²) in [5.74, 6) is 0.627. The monoisotopic (exact) mass is 442 g/mol. The Bertz CT molecular complexity index is 889. The Morgan fingerprint density at radius 2 is 1.82 bits per heavy atom. The first kappa shape index (κ1) is 19.0. The maximum Gasteiger partial charge on any atom is 0.255 e. The third-order valence-electron chi connectivity index (χ3n) is 5.13. The standard InChI is InChI=1S/C22H23BrN2O3/c1-28-18-10-11-20(23)19(12-18)22(27)25(17-8-9-17)13-14-2-4-15(5-3-14)21(26)24-16-6-7-16/h2-5,10-12,16-17H,6-9,13H2,1H3,(H,24,26). The van der Waals surface area contributed by atoms with Gasteiger partial charge in [0, 0.05) is 28.7 Å². The molecule has 1 N–H and O–H groups in total. The Morgan fingerprint density at radius 1 is 1.11 bits per heavy atom. The smallest absolute Gasteiger partial charge is 0.255 e. The topological polar surface area (TPSA) is 58.6 Å². The van der Waals surface area contributed by atoms with Crippen molar-refractivity contribution in [3.63, 3.8) is 0 Å². The number of carbonyl (C=O) groups is 2.